The smallest absolute Gasteiger partial charge is 0.371 e. The molecule has 0 fully saturated rings. The van der Waals surface area contributed by atoms with Gasteiger partial charge in [0, 0.05) is 6.07 Å². The van der Waals surface area contributed by atoms with Gasteiger partial charge in [-0.3, -0.25) is 0 Å². The third-order valence-electron chi connectivity index (χ3n) is 1.51. The SMILES string of the molecule is O=C(O)c1cc2c(Cl)nncc2o1. The molecule has 0 saturated heterocycles. The number of carboxylic acid groups (broad SMARTS) is 1. The molecule has 0 radical (unpaired) electrons. The van der Waals surface area contributed by atoms with Crippen LogP contribution in [0.3, 0.4) is 0 Å². The summed E-state index contributed by atoms with van der Waals surface area (Å²) in [4.78, 5) is 10.5. The van der Waals surface area contributed by atoms with Crippen LogP contribution in [-0.4, -0.2) is 21.3 Å². The summed E-state index contributed by atoms with van der Waals surface area (Å²) in [7, 11) is 0. The Labute approximate surface area is 76.9 Å². The highest BCUT2D eigenvalue weighted by atomic mass is 35.5. The third-order valence-corrected chi connectivity index (χ3v) is 1.79. The molecule has 66 valence electrons. The third kappa shape index (κ3) is 1.23. The minimum Gasteiger partial charge on any atom is -0.475 e. The lowest BCUT2D eigenvalue weighted by atomic mass is 10.3. The molecule has 2 aromatic rings. The van der Waals surface area contributed by atoms with Crippen molar-refractivity contribution in [2.75, 3.05) is 0 Å². The van der Waals surface area contributed by atoms with E-state index >= 15 is 0 Å². The summed E-state index contributed by atoms with van der Waals surface area (Å²) >= 11 is 5.65. The Balaban J connectivity index is 2.75. The van der Waals surface area contributed by atoms with E-state index in [0.29, 0.717) is 11.0 Å². The number of rotatable bonds is 1. The number of carbonyl (C=O) groups is 1. The Kier molecular flexibility index (Phi) is 1.66. The van der Waals surface area contributed by atoms with Crippen molar-refractivity contribution in [3.8, 4) is 0 Å². The summed E-state index contributed by atoms with van der Waals surface area (Å²) in [6, 6.07) is 1.31. The fourth-order valence-corrected chi connectivity index (χ4v) is 1.14. The molecule has 0 aliphatic heterocycles. The first-order valence-electron chi connectivity index (χ1n) is 3.32. The van der Waals surface area contributed by atoms with Gasteiger partial charge in [0.05, 0.1) is 11.6 Å². The van der Waals surface area contributed by atoms with Crippen molar-refractivity contribution < 1.29 is 14.3 Å². The van der Waals surface area contributed by atoms with E-state index in [4.69, 9.17) is 21.1 Å². The topological polar surface area (TPSA) is 76.2 Å². The molecule has 2 rings (SSSR count). The van der Waals surface area contributed by atoms with Crippen LogP contribution in [0.25, 0.3) is 11.0 Å². The molecule has 5 nitrogen and oxygen atoms in total. The van der Waals surface area contributed by atoms with Crippen molar-refractivity contribution in [2.24, 2.45) is 0 Å². The van der Waals surface area contributed by atoms with Crippen LogP contribution in [0.4, 0.5) is 0 Å². The van der Waals surface area contributed by atoms with Crippen LogP contribution in [0.1, 0.15) is 10.6 Å². The van der Waals surface area contributed by atoms with E-state index in [1.807, 2.05) is 0 Å². The van der Waals surface area contributed by atoms with Gasteiger partial charge in [-0.05, 0) is 0 Å². The Morgan fingerprint density at radius 3 is 3.00 bits per heavy atom. The second-order valence-corrected chi connectivity index (χ2v) is 2.69. The standard InChI is InChI=1S/C7H3ClN2O3/c8-6-3-1-4(7(11)12)13-5(3)2-9-10-6/h1-2H,(H,11,12). The van der Waals surface area contributed by atoms with Crippen molar-refractivity contribution in [3.05, 3.63) is 23.2 Å². The van der Waals surface area contributed by atoms with E-state index in [9.17, 15) is 4.79 Å². The van der Waals surface area contributed by atoms with Crippen molar-refractivity contribution in [3.63, 3.8) is 0 Å². The minimum atomic E-state index is -1.15. The van der Waals surface area contributed by atoms with E-state index in [1.54, 1.807) is 0 Å². The monoisotopic (exact) mass is 198 g/mol. The summed E-state index contributed by atoms with van der Waals surface area (Å²) < 4.78 is 4.92. The molecule has 0 amide bonds. The molecule has 6 heteroatoms. The maximum absolute atomic E-state index is 10.5. The zero-order chi connectivity index (χ0) is 9.42. The van der Waals surface area contributed by atoms with E-state index in [0.717, 1.165) is 0 Å². The zero-order valence-corrected chi connectivity index (χ0v) is 6.95. The van der Waals surface area contributed by atoms with Crippen molar-refractivity contribution in [1.82, 2.24) is 10.2 Å². The maximum Gasteiger partial charge on any atom is 0.371 e. The van der Waals surface area contributed by atoms with Crippen molar-refractivity contribution in [1.29, 1.82) is 0 Å². The minimum absolute atomic E-state index is 0.133. The lowest BCUT2D eigenvalue weighted by Crippen LogP contribution is -1.91. The summed E-state index contributed by atoms with van der Waals surface area (Å²) in [5.74, 6) is -1.32. The van der Waals surface area contributed by atoms with Crippen LogP contribution < -0.4 is 0 Å². The summed E-state index contributed by atoms with van der Waals surface area (Å²) in [5.41, 5.74) is 0.317. The van der Waals surface area contributed by atoms with Crippen LogP contribution in [0, 0.1) is 0 Å². The van der Waals surface area contributed by atoms with Gasteiger partial charge in [0.15, 0.2) is 10.7 Å². The highest BCUT2D eigenvalue weighted by Crippen LogP contribution is 2.23. The number of aromatic nitrogens is 2. The van der Waals surface area contributed by atoms with Gasteiger partial charge in [-0.1, -0.05) is 11.6 Å². The predicted octanol–water partition coefficient (Wildman–Crippen LogP) is 1.57. The predicted molar refractivity (Wildman–Crippen MR) is 43.8 cm³/mol. The second-order valence-electron chi connectivity index (χ2n) is 2.33. The lowest BCUT2D eigenvalue weighted by molar-refractivity contribution is 0.0665. The van der Waals surface area contributed by atoms with Gasteiger partial charge < -0.3 is 9.52 Å². The average Bonchev–Trinajstić information content (AvgIpc) is 2.49. The Bertz CT molecular complexity index is 480. The fourth-order valence-electron chi connectivity index (χ4n) is 0.953. The molecule has 2 aromatic heterocycles. The molecule has 1 N–H and O–H groups in total. The normalized spacial score (nSPS) is 10.5. The van der Waals surface area contributed by atoms with E-state index < -0.39 is 5.97 Å². The van der Waals surface area contributed by atoms with Crippen LogP contribution in [-0.2, 0) is 0 Å². The lowest BCUT2D eigenvalue weighted by Gasteiger charge is -1.86. The average molecular weight is 199 g/mol. The van der Waals surface area contributed by atoms with Crippen LogP contribution in [0.5, 0.6) is 0 Å². The number of nitrogens with zero attached hydrogens (tertiary/aromatic N) is 2. The molecule has 0 saturated carbocycles. The first-order chi connectivity index (χ1) is 6.18. The van der Waals surface area contributed by atoms with Crippen LogP contribution in [0.15, 0.2) is 16.7 Å². The van der Waals surface area contributed by atoms with Gasteiger partial charge in [-0.15, -0.1) is 5.10 Å². The number of furan rings is 1. The molecule has 0 unspecified atom stereocenters. The Morgan fingerprint density at radius 1 is 1.62 bits per heavy atom. The molecule has 0 aliphatic rings. The number of fused-ring (bicyclic) bond motifs is 1. The number of halogens is 1. The fraction of sp³-hybridized carbons (Fsp3) is 0. The first-order valence-corrected chi connectivity index (χ1v) is 3.70. The summed E-state index contributed by atoms with van der Waals surface area (Å²) in [6.45, 7) is 0. The molecule has 0 bridgehead atoms. The summed E-state index contributed by atoms with van der Waals surface area (Å²) in [5, 5.41) is 16.2. The quantitative estimate of drug-likeness (QED) is 0.753. The molecular formula is C7H3ClN2O3. The first kappa shape index (κ1) is 8.00. The summed E-state index contributed by atoms with van der Waals surface area (Å²) in [6.07, 6.45) is 1.31. The van der Waals surface area contributed by atoms with E-state index in [2.05, 4.69) is 10.2 Å². The highest BCUT2D eigenvalue weighted by Gasteiger charge is 2.12. The van der Waals surface area contributed by atoms with E-state index in [1.165, 1.54) is 12.3 Å². The molecular weight excluding hydrogens is 196 g/mol. The zero-order valence-electron chi connectivity index (χ0n) is 6.19. The molecule has 0 aromatic carbocycles. The van der Waals surface area contributed by atoms with E-state index in [-0.39, 0.29) is 10.9 Å². The van der Waals surface area contributed by atoms with Crippen molar-refractivity contribution >= 4 is 28.5 Å². The molecule has 0 atom stereocenters. The van der Waals surface area contributed by atoms with Gasteiger partial charge in [-0.25, -0.2) is 4.79 Å². The largest absolute Gasteiger partial charge is 0.475 e. The second kappa shape index (κ2) is 2.70. The van der Waals surface area contributed by atoms with Gasteiger partial charge in [0.25, 0.3) is 0 Å². The number of carboxylic acids is 1. The maximum atomic E-state index is 10.5. The number of hydrogen-bond acceptors (Lipinski definition) is 4. The molecule has 0 aliphatic carbocycles. The van der Waals surface area contributed by atoms with Crippen LogP contribution >= 0.6 is 11.6 Å². The Morgan fingerprint density at radius 2 is 2.38 bits per heavy atom. The Hall–Kier alpha value is -1.62. The van der Waals surface area contributed by atoms with Gasteiger partial charge in [-0.2, -0.15) is 5.10 Å². The highest BCUT2D eigenvalue weighted by molar-refractivity contribution is 6.34. The number of hydrogen-bond donors (Lipinski definition) is 1. The molecule has 2 heterocycles. The van der Waals surface area contributed by atoms with Gasteiger partial charge in [0.2, 0.25) is 5.76 Å². The number of aromatic carboxylic acids is 1. The molecule has 13 heavy (non-hydrogen) atoms. The van der Waals surface area contributed by atoms with Crippen LogP contribution in [0.2, 0.25) is 5.15 Å². The van der Waals surface area contributed by atoms with Gasteiger partial charge >= 0.3 is 5.97 Å². The van der Waals surface area contributed by atoms with Gasteiger partial charge in [0.1, 0.15) is 0 Å². The molecule has 0 spiro atoms. The van der Waals surface area contributed by atoms with Crippen molar-refractivity contribution in [2.45, 2.75) is 0 Å².